The van der Waals surface area contributed by atoms with Crippen LogP contribution in [0.15, 0.2) is 10.3 Å². The van der Waals surface area contributed by atoms with Crippen molar-refractivity contribution in [3.05, 3.63) is 16.5 Å². The van der Waals surface area contributed by atoms with E-state index in [1.54, 1.807) is 0 Å². The number of nitrogens with zero attached hydrogens (tertiary/aromatic N) is 1. The maximum atomic E-state index is 12.3. The Morgan fingerprint density at radius 2 is 2.12 bits per heavy atom. The second kappa shape index (κ2) is 5.24. The smallest absolute Gasteiger partial charge is 0.252 e. The summed E-state index contributed by atoms with van der Waals surface area (Å²) in [6, 6.07) is 1.89. The number of halogens is 1. The second-order valence-corrected chi connectivity index (χ2v) is 7.63. The van der Waals surface area contributed by atoms with Crippen LogP contribution in [0.4, 0.5) is 0 Å². The maximum Gasteiger partial charge on any atom is 0.252 e. The number of thiophene rings is 1. The molecule has 1 fully saturated rings. The van der Waals surface area contributed by atoms with Crippen LogP contribution in [-0.2, 0) is 10.0 Å². The third kappa shape index (κ3) is 2.82. The van der Waals surface area contributed by atoms with E-state index < -0.39 is 10.0 Å². The van der Waals surface area contributed by atoms with E-state index in [1.807, 2.05) is 19.9 Å². The highest BCUT2D eigenvalue weighted by Crippen LogP contribution is 2.30. The standard InChI is InChI=1S/C10H16N2O2S2.ClH/c1-7-5-8(2)15-10(7)16(13,14)12-4-3-9(11)6-12;/h5,9H,3-4,6,11H2,1-2H3;1H/t9-;/m1./s1. The van der Waals surface area contributed by atoms with Gasteiger partial charge in [-0.3, -0.25) is 0 Å². The normalized spacial score (nSPS) is 21.5. The summed E-state index contributed by atoms with van der Waals surface area (Å²) in [6.45, 7) is 4.75. The molecular weight excluding hydrogens is 280 g/mol. The van der Waals surface area contributed by atoms with Gasteiger partial charge >= 0.3 is 0 Å². The van der Waals surface area contributed by atoms with Gasteiger partial charge in [0.05, 0.1) is 0 Å². The quantitative estimate of drug-likeness (QED) is 0.900. The Balaban J connectivity index is 0.00000144. The number of aryl methyl sites for hydroxylation is 2. The molecule has 0 bridgehead atoms. The van der Waals surface area contributed by atoms with Gasteiger partial charge in [-0.15, -0.1) is 23.7 Å². The Labute approximate surface area is 112 Å². The third-order valence-electron chi connectivity index (χ3n) is 2.76. The Hall–Kier alpha value is -0.140. The second-order valence-electron chi connectivity index (χ2n) is 4.24. The Kier molecular flexibility index (Phi) is 4.60. The molecule has 2 heterocycles. The molecule has 1 atom stereocenters. The van der Waals surface area contributed by atoms with Gasteiger partial charge in [-0.25, -0.2) is 8.42 Å². The molecule has 98 valence electrons. The van der Waals surface area contributed by atoms with Gasteiger partial charge in [0, 0.05) is 24.0 Å². The van der Waals surface area contributed by atoms with E-state index in [0.29, 0.717) is 17.3 Å². The molecule has 0 saturated carbocycles. The van der Waals surface area contributed by atoms with Crippen LogP contribution in [0.3, 0.4) is 0 Å². The molecule has 1 aromatic rings. The van der Waals surface area contributed by atoms with Gasteiger partial charge in [0.1, 0.15) is 4.21 Å². The highest BCUT2D eigenvalue weighted by atomic mass is 35.5. The van der Waals surface area contributed by atoms with E-state index in [9.17, 15) is 8.42 Å². The van der Waals surface area contributed by atoms with Crippen molar-refractivity contribution >= 4 is 33.8 Å². The molecule has 1 aliphatic heterocycles. The Morgan fingerprint density at radius 1 is 1.47 bits per heavy atom. The highest BCUT2D eigenvalue weighted by molar-refractivity contribution is 7.91. The fourth-order valence-electron chi connectivity index (χ4n) is 1.97. The maximum absolute atomic E-state index is 12.3. The van der Waals surface area contributed by atoms with Crippen molar-refractivity contribution in [1.29, 1.82) is 0 Å². The van der Waals surface area contributed by atoms with Gasteiger partial charge in [0.15, 0.2) is 0 Å². The third-order valence-corrected chi connectivity index (χ3v) is 6.39. The molecule has 1 aliphatic rings. The largest absolute Gasteiger partial charge is 0.326 e. The monoisotopic (exact) mass is 296 g/mol. The summed E-state index contributed by atoms with van der Waals surface area (Å²) >= 11 is 1.34. The van der Waals surface area contributed by atoms with Gasteiger partial charge in [-0.1, -0.05) is 0 Å². The molecule has 0 radical (unpaired) electrons. The molecule has 1 saturated heterocycles. The average molecular weight is 297 g/mol. The average Bonchev–Trinajstić information content (AvgIpc) is 2.73. The van der Waals surface area contributed by atoms with Gasteiger partial charge in [0.2, 0.25) is 0 Å². The zero-order valence-corrected chi connectivity index (χ0v) is 12.3. The van der Waals surface area contributed by atoms with Crippen molar-refractivity contribution in [2.45, 2.75) is 30.5 Å². The van der Waals surface area contributed by atoms with E-state index in [-0.39, 0.29) is 18.4 Å². The first-order chi connectivity index (χ1) is 7.41. The van der Waals surface area contributed by atoms with Crippen molar-refractivity contribution in [1.82, 2.24) is 4.31 Å². The molecule has 0 unspecified atom stereocenters. The summed E-state index contributed by atoms with van der Waals surface area (Å²) in [7, 11) is -3.31. The Morgan fingerprint density at radius 3 is 2.53 bits per heavy atom. The van der Waals surface area contributed by atoms with E-state index >= 15 is 0 Å². The van der Waals surface area contributed by atoms with Crippen LogP contribution < -0.4 is 5.73 Å². The first kappa shape index (κ1) is 14.9. The van der Waals surface area contributed by atoms with Crippen molar-refractivity contribution < 1.29 is 8.42 Å². The minimum absolute atomic E-state index is 0. The molecule has 0 aliphatic carbocycles. The van der Waals surface area contributed by atoms with E-state index in [4.69, 9.17) is 5.73 Å². The van der Waals surface area contributed by atoms with Crippen molar-refractivity contribution in [3.8, 4) is 0 Å². The topological polar surface area (TPSA) is 63.4 Å². The van der Waals surface area contributed by atoms with Gasteiger partial charge in [-0.05, 0) is 31.9 Å². The zero-order chi connectivity index (χ0) is 11.9. The summed E-state index contributed by atoms with van der Waals surface area (Å²) in [6.07, 6.45) is 0.753. The van der Waals surface area contributed by atoms with Crippen LogP contribution in [0, 0.1) is 13.8 Å². The van der Waals surface area contributed by atoms with Crippen molar-refractivity contribution in [3.63, 3.8) is 0 Å². The molecule has 1 aromatic heterocycles. The fraction of sp³-hybridized carbons (Fsp3) is 0.600. The van der Waals surface area contributed by atoms with Crippen molar-refractivity contribution in [2.24, 2.45) is 5.73 Å². The lowest BCUT2D eigenvalue weighted by Gasteiger charge is -2.15. The van der Waals surface area contributed by atoms with Crippen LogP contribution in [0.25, 0.3) is 0 Å². The molecule has 4 nitrogen and oxygen atoms in total. The van der Waals surface area contributed by atoms with Crippen LogP contribution in [-0.4, -0.2) is 31.9 Å². The fourth-order valence-corrected chi connectivity index (χ4v) is 5.28. The summed E-state index contributed by atoms with van der Waals surface area (Å²) < 4.78 is 26.6. The number of hydrogen-bond acceptors (Lipinski definition) is 4. The summed E-state index contributed by atoms with van der Waals surface area (Å²) in [5, 5.41) is 0. The number of rotatable bonds is 2. The van der Waals surface area contributed by atoms with Gasteiger partial charge < -0.3 is 5.73 Å². The zero-order valence-electron chi connectivity index (χ0n) is 9.84. The summed E-state index contributed by atoms with van der Waals surface area (Å²) in [5.74, 6) is 0. The minimum atomic E-state index is -3.31. The molecule has 7 heteroatoms. The first-order valence-electron chi connectivity index (χ1n) is 5.24. The predicted molar refractivity (Wildman–Crippen MR) is 72.4 cm³/mol. The molecule has 0 aromatic carbocycles. The van der Waals surface area contributed by atoms with Crippen LogP contribution in [0.2, 0.25) is 0 Å². The number of nitrogens with two attached hydrogens (primary N) is 1. The molecule has 2 rings (SSSR count). The minimum Gasteiger partial charge on any atom is -0.326 e. The summed E-state index contributed by atoms with van der Waals surface area (Å²) in [5.41, 5.74) is 6.58. The molecule has 0 spiro atoms. The van der Waals surface area contributed by atoms with Gasteiger partial charge in [-0.2, -0.15) is 4.31 Å². The van der Waals surface area contributed by atoms with E-state index in [0.717, 1.165) is 16.9 Å². The molecule has 17 heavy (non-hydrogen) atoms. The van der Waals surface area contributed by atoms with Crippen molar-refractivity contribution in [2.75, 3.05) is 13.1 Å². The molecular formula is C10H17ClN2O2S2. The predicted octanol–water partition coefficient (Wildman–Crippen LogP) is 1.51. The van der Waals surface area contributed by atoms with Crippen LogP contribution in [0.5, 0.6) is 0 Å². The molecule has 0 amide bonds. The lowest BCUT2D eigenvalue weighted by molar-refractivity contribution is 0.474. The lowest BCUT2D eigenvalue weighted by atomic mass is 10.3. The van der Waals surface area contributed by atoms with Crippen LogP contribution in [0.1, 0.15) is 16.9 Å². The number of sulfonamides is 1. The van der Waals surface area contributed by atoms with E-state index in [1.165, 1.54) is 15.6 Å². The summed E-state index contributed by atoms with van der Waals surface area (Å²) in [4.78, 5) is 1.03. The Bertz CT molecular complexity index is 498. The SMILES string of the molecule is Cc1cc(C)c(S(=O)(=O)N2CC[C@@H](N)C2)s1.Cl. The number of hydrogen-bond donors (Lipinski definition) is 1. The van der Waals surface area contributed by atoms with Gasteiger partial charge in [0.25, 0.3) is 10.0 Å². The molecule has 2 N–H and O–H groups in total. The first-order valence-corrected chi connectivity index (χ1v) is 7.49. The lowest BCUT2D eigenvalue weighted by Crippen LogP contribution is -2.31. The van der Waals surface area contributed by atoms with E-state index in [2.05, 4.69) is 0 Å². The van der Waals surface area contributed by atoms with Crippen LogP contribution >= 0.6 is 23.7 Å². The highest BCUT2D eigenvalue weighted by Gasteiger charge is 2.32.